The number of ether oxygens (including phenoxy) is 2. The Labute approximate surface area is 131 Å². The van der Waals surface area contributed by atoms with Crippen molar-refractivity contribution in [2.24, 2.45) is 0 Å². The minimum Gasteiger partial charge on any atom is -0.493 e. The molecule has 0 radical (unpaired) electrons. The van der Waals surface area contributed by atoms with Gasteiger partial charge in [-0.05, 0) is 46.7 Å². The van der Waals surface area contributed by atoms with Gasteiger partial charge in [-0.1, -0.05) is 11.6 Å². The highest BCUT2D eigenvalue weighted by Crippen LogP contribution is 2.38. The van der Waals surface area contributed by atoms with Crippen molar-refractivity contribution in [2.75, 3.05) is 21.3 Å². The number of rotatable bonds is 5. The van der Waals surface area contributed by atoms with Gasteiger partial charge in [0, 0.05) is 11.1 Å². The Balaban J connectivity index is 2.49. The normalized spacial score (nSPS) is 12.2. The van der Waals surface area contributed by atoms with Crippen LogP contribution in [0.3, 0.4) is 0 Å². The van der Waals surface area contributed by atoms with Crippen LogP contribution < -0.4 is 14.8 Å². The fraction of sp³-hybridized carbons (Fsp3) is 0.286. The van der Waals surface area contributed by atoms with E-state index in [1.165, 1.54) is 0 Å². The molecule has 1 atom stereocenters. The molecule has 0 aliphatic carbocycles. The summed E-state index contributed by atoms with van der Waals surface area (Å²) in [6, 6.07) is 7.14. The molecule has 0 saturated heterocycles. The third-order valence-corrected chi connectivity index (χ3v) is 3.73. The van der Waals surface area contributed by atoms with Crippen molar-refractivity contribution in [3.8, 4) is 11.5 Å². The smallest absolute Gasteiger partial charge is 0.169 e. The molecule has 0 saturated carbocycles. The van der Waals surface area contributed by atoms with Crippen molar-refractivity contribution in [3.63, 3.8) is 0 Å². The van der Waals surface area contributed by atoms with Crippen molar-refractivity contribution < 1.29 is 13.9 Å². The van der Waals surface area contributed by atoms with Gasteiger partial charge in [-0.15, -0.1) is 0 Å². The number of nitrogens with one attached hydrogen (secondary N) is 1. The molecular formula is C14H15BrClNO3. The maximum atomic E-state index is 6.34. The second kappa shape index (κ2) is 6.52. The highest BCUT2D eigenvalue weighted by Gasteiger charge is 2.21. The summed E-state index contributed by atoms with van der Waals surface area (Å²) < 4.78 is 16.8. The predicted molar refractivity (Wildman–Crippen MR) is 81.9 cm³/mol. The van der Waals surface area contributed by atoms with Crippen LogP contribution in [0.15, 0.2) is 33.4 Å². The molecule has 1 aromatic heterocycles. The lowest BCUT2D eigenvalue weighted by Gasteiger charge is -2.18. The molecule has 0 bridgehead atoms. The number of benzene rings is 1. The lowest BCUT2D eigenvalue weighted by molar-refractivity contribution is 0.353. The van der Waals surface area contributed by atoms with E-state index >= 15 is 0 Å². The van der Waals surface area contributed by atoms with E-state index in [4.69, 9.17) is 25.5 Å². The predicted octanol–water partition coefficient (Wildman–Crippen LogP) is 4.02. The van der Waals surface area contributed by atoms with Gasteiger partial charge in [0.2, 0.25) is 0 Å². The molecule has 0 amide bonds. The molecule has 1 N–H and O–H groups in total. The highest BCUT2D eigenvalue weighted by molar-refractivity contribution is 9.10. The first kappa shape index (κ1) is 15.2. The van der Waals surface area contributed by atoms with Crippen LogP contribution >= 0.6 is 27.5 Å². The van der Waals surface area contributed by atoms with Gasteiger partial charge in [0.05, 0.1) is 20.3 Å². The third kappa shape index (κ3) is 2.95. The average Bonchev–Trinajstić information content (AvgIpc) is 2.87. The van der Waals surface area contributed by atoms with Crippen LogP contribution in [0, 0.1) is 0 Å². The summed E-state index contributed by atoms with van der Waals surface area (Å²) in [6.07, 6.45) is 0. The molecule has 0 aliphatic heterocycles. The van der Waals surface area contributed by atoms with Crippen LogP contribution in [0.5, 0.6) is 11.5 Å². The summed E-state index contributed by atoms with van der Waals surface area (Å²) in [5.74, 6) is 1.97. The maximum Gasteiger partial charge on any atom is 0.169 e. The van der Waals surface area contributed by atoms with Crippen LogP contribution in [0.2, 0.25) is 5.02 Å². The summed E-state index contributed by atoms with van der Waals surface area (Å²) >= 11 is 9.64. The van der Waals surface area contributed by atoms with E-state index in [9.17, 15) is 0 Å². The zero-order chi connectivity index (χ0) is 14.7. The molecule has 1 unspecified atom stereocenters. The van der Waals surface area contributed by atoms with Gasteiger partial charge >= 0.3 is 0 Å². The van der Waals surface area contributed by atoms with Crippen molar-refractivity contribution in [2.45, 2.75) is 6.04 Å². The van der Waals surface area contributed by atoms with E-state index in [-0.39, 0.29) is 6.04 Å². The zero-order valence-electron chi connectivity index (χ0n) is 11.4. The van der Waals surface area contributed by atoms with E-state index in [2.05, 4.69) is 21.2 Å². The van der Waals surface area contributed by atoms with E-state index in [0.717, 1.165) is 11.3 Å². The minimum atomic E-state index is -0.173. The molecule has 0 fully saturated rings. The van der Waals surface area contributed by atoms with Gasteiger partial charge in [0.15, 0.2) is 16.2 Å². The maximum absolute atomic E-state index is 6.34. The SMILES string of the molecule is CNC(c1ccc(Br)o1)c1cc(OC)c(OC)cc1Cl. The molecule has 6 heteroatoms. The Bertz CT molecular complexity index is 600. The molecule has 2 aromatic rings. The first-order valence-electron chi connectivity index (χ1n) is 5.94. The summed E-state index contributed by atoms with van der Waals surface area (Å²) in [5.41, 5.74) is 0.855. The number of hydrogen-bond acceptors (Lipinski definition) is 4. The molecule has 0 spiro atoms. The Morgan fingerprint density at radius 2 is 1.85 bits per heavy atom. The molecule has 1 heterocycles. The molecule has 0 aliphatic rings. The number of hydrogen-bond donors (Lipinski definition) is 1. The number of methoxy groups -OCH3 is 2. The van der Waals surface area contributed by atoms with Crippen LogP contribution in [0.4, 0.5) is 0 Å². The van der Waals surface area contributed by atoms with Gasteiger partial charge in [-0.25, -0.2) is 0 Å². The monoisotopic (exact) mass is 359 g/mol. The Kier molecular flexibility index (Phi) is 4.96. The van der Waals surface area contributed by atoms with Crippen molar-refractivity contribution in [1.82, 2.24) is 5.32 Å². The Morgan fingerprint density at radius 3 is 2.35 bits per heavy atom. The Hall–Kier alpha value is -1.17. The molecule has 20 heavy (non-hydrogen) atoms. The van der Waals surface area contributed by atoms with Gasteiger partial charge in [0.1, 0.15) is 5.76 Å². The quantitative estimate of drug-likeness (QED) is 0.874. The zero-order valence-corrected chi connectivity index (χ0v) is 13.7. The van der Waals surface area contributed by atoms with Crippen LogP contribution in [-0.4, -0.2) is 21.3 Å². The van der Waals surface area contributed by atoms with E-state index in [0.29, 0.717) is 21.2 Å². The first-order chi connectivity index (χ1) is 9.60. The third-order valence-electron chi connectivity index (χ3n) is 2.98. The minimum absolute atomic E-state index is 0.173. The lowest BCUT2D eigenvalue weighted by Crippen LogP contribution is -2.17. The van der Waals surface area contributed by atoms with Crippen molar-refractivity contribution >= 4 is 27.5 Å². The van der Waals surface area contributed by atoms with Crippen LogP contribution in [0.1, 0.15) is 17.4 Å². The van der Waals surface area contributed by atoms with E-state index < -0.39 is 0 Å². The first-order valence-corrected chi connectivity index (χ1v) is 7.11. The number of halogens is 2. The lowest BCUT2D eigenvalue weighted by atomic mass is 10.0. The van der Waals surface area contributed by atoms with E-state index in [1.54, 1.807) is 20.3 Å². The molecule has 2 rings (SSSR count). The van der Waals surface area contributed by atoms with Crippen molar-refractivity contribution in [1.29, 1.82) is 0 Å². The fourth-order valence-electron chi connectivity index (χ4n) is 2.03. The highest BCUT2D eigenvalue weighted by atomic mass is 79.9. The molecular weight excluding hydrogens is 346 g/mol. The van der Waals surface area contributed by atoms with Gasteiger partial charge < -0.3 is 19.2 Å². The molecule has 108 valence electrons. The van der Waals surface area contributed by atoms with E-state index in [1.807, 2.05) is 25.2 Å². The second-order valence-corrected chi connectivity index (χ2v) is 5.28. The van der Waals surface area contributed by atoms with Crippen molar-refractivity contribution in [3.05, 3.63) is 45.3 Å². The fourth-order valence-corrected chi connectivity index (χ4v) is 2.61. The standard InChI is InChI=1S/C14H15BrClNO3/c1-17-14(10-4-5-13(15)20-10)8-6-11(18-2)12(19-3)7-9(8)16/h4-7,14,17H,1-3H3. The second-order valence-electron chi connectivity index (χ2n) is 4.09. The summed E-state index contributed by atoms with van der Waals surface area (Å²) in [6.45, 7) is 0. The summed E-state index contributed by atoms with van der Waals surface area (Å²) in [5, 5.41) is 3.76. The van der Waals surface area contributed by atoms with Gasteiger partial charge in [-0.2, -0.15) is 0 Å². The number of furan rings is 1. The molecule has 4 nitrogen and oxygen atoms in total. The average molecular weight is 361 g/mol. The Morgan fingerprint density at radius 1 is 1.20 bits per heavy atom. The van der Waals surface area contributed by atoms with Crippen LogP contribution in [0.25, 0.3) is 0 Å². The summed E-state index contributed by atoms with van der Waals surface area (Å²) in [7, 11) is 5.01. The van der Waals surface area contributed by atoms with Gasteiger partial charge in [0.25, 0.3) is 0 Å². The largest absolute Gasteiger partial charge is 0.493 e. The summed E-state index contributed by atoms with van der Waals surface area (Å²) in [4.78, 5) is 0. The molecule has 1 aromatic carbocycles. The topological polar surface area (TPSA) is 43.6 Å². The van der Waals surface area contributed by atoms with Crippen LogP contribution in [-0.2, 0) is 0 Å². The van der Waals surface area contributed by atoms with Gasteiger partial charge in [-0.3, -0.25) is 0 Å².